The molecule has 0 spiro atoms. The van der Waals surface area contributed by atoms with Gasteiger partial charge in [0.2, 0.25) is 0 Å². The largest absolute Gasteiger partial charge is 0.508 e. The average Bonchev–Trinajstić information content (AvgIpc) is 2.57. The fraction of sp³-hybridized carbons (Fsp3) is 0.200. The second-order valence-electron chi connectivity index (χ2n) is 6.64. The average molecular weight is 335 g/mol. The van der Waals surface area contributed by atoms with Crippen molar-refractivity contribution >= 4 is 17.3 Å². The van der Waals surface area contributed by atoms with E-state index in [0.717, 1.165) is 5.69 Å². The Morgan fingerprint density at radius 3 is 2.12 bits per heavy atom. The molecule has 0 aliphatic rings. The van der Waals surface area contributed by atoms with E-state index in [-0.39, 0.29) is 16.7 Å². The van der Waals surface area contributed by atoms with Crippen LogP contribution in [0.4, 0.5) is 11.4 Å². The number of phenols is 1. The maximum Gasteiger partial charge on any atom is 0.267 e. The number of nitrogens with zero attached hydrogens (tertiary/aromatic N) is 1. The van der Waals surface area contributed by atoms with Crippen molar-refractivity contribution in [2.45, 2.75) is 26.2 Å². The molecule has 25 heavy (non-hydrogen) atoms. The molecule has 5 heteroatoms. The zero-order valence-corrected chi connectivity index (χ0v) is 14.5. The topological polar surface area (TPSA) is 85.2 Å². The van der Waals surface area contributed by atoms with Crippen molar-refractivity contribution in [3.05, 3.63) is 65.9 Å². The van der Waals surface area contributed by atoms with Crippen LogP contribution in [0.1, 0.15) is 26.3 Å². The Balaban J connectivity index is 2.05. The molecule has 2 aromatic rings. The fourth-order valence-corrected chi connectivity index (χ4v) is 2.11. The van der Waals surface area contributed by atoms with Gasteiger partial charge in [-0.3, -0.25) is 4.79 Å². The molecule has 0 radical (unpaired) electrons. The van der Waals surface area contributed by atoms with Crippen molar-refractivity contribution in [2.75, 3.05) is 10.6 Å². The molecule has 0 fully saturated rings. The molecule has 0 bridgehead atoms. The van der Waals surface area contributed by atoms with Crippen LogP contribution in [0, 0.1) is 11.3 Å². The Morgan fingerprint density at radius 2 is 1.60 bits per heavy atom. The summed E-state index contributed by atoms with van der Waals surface area (Å²) in [6.07, 6.45) is 1.38. The summed E-state index contributed by atoms with van der Waals surface area (Å²) in [5.74, 6) is -0.415. The molecule has 3 N–H and O–H groups in total. The lowest BCUT2D eigenvalue weighted by Crippen LogP contribution is -2.14. The third-order valence-corrected chi connectivity index (χ3v) is 3.62. The van der Waals surface area contributed by atoms with Crippen LogP contribution in [0.25, 0.3) is 0 Å². The molecule has 0 aliphatic heterocycles. The van der Waals surface area contributed by atoms with Crippen molar-refractivity contribution < 1.29 is 9.90 Å². The number of hydrogen-bond acceptors (Lipinski definition) is 4. The highest BCUT2D eigenvalue weighted by Crippen LogP contribution is 2.23. The number of rotatable bonds is 4. The highest BCUT2D eigenvalue weighted by Gasteiger charge is 2.13. The molecule has 2 aromatic carbocycles. The molecule has 0 heterocycles. The van der Waals surface area contributed by atoms with Crippen LogP contribution in [-0.4, -0.2) is 11.0 Å². The van der Waals surface area contributed by atoms with E-state index >= 15 is 0 Å². The zero-order valence-electron chi connectivity index (χ0n) is 14.5. The van der Waals surface area contributed by atoms with Crippen molar-refractivity contribution in [1.29, 1.82) is 5.26 Å². The summed E-state index contributed by atoms with van der Waals surface area (Å²) >= 11 is 0. The van der Waals surface area contributed by atoms with Crippen molar-refractivity contribution in [1.82, 2.24) is 0 Å². The predicted molar refractivity (Wildman–Crippen MR) is 99.2 cm³/mol. The quantitative estimate of drug-likeness (QED) is 0.445. The summed E-state index contributed by atoms with van der Waals surface area (Å²) in [4.78, 5) is 12.1. The Bertz CT molecular complexity index is 808. The number of phenolic OH excluding ortho intramolecular Hbond substituents is 1. The van der Waals surface area contributed by atoms with E-state index in [1.807, 2.05) is 30.3 Å². The molecule has 0 aliphatic carbocycles. The number of aromatic hydroxyl groups is 1. The van der Waals surface area contributed by atoms with Gasteiger partial charge in [-0.15, -0.1) is 0 Å². The molecule has 128 valence electrons. The summed E-state index contributed by atoms with van der Waals surface area (Å²) in [6, 6.07) is 15.7. The van der Waals surface area contributed by atoms with Crippen molar-refractivity contribution in [3.63, 3.8) is 0 Å². The van der Waals surface area contributed by atoms with Gasteiger partial charge in [0.1, 0.15) is 17.4 Å². The fourth-order valence-electron chi connectivity index (χ4n) is 2.11. The third-order valence-electron chi connectivity index (χ3n) is 3.62. The maximum absolute atomic E-state index is 12.1. The number of nitriles is 1. The van der Waals surface area contributed by atoms with Crippen LogP contribution < -0.4 is 10.6 Å². The first-order valence-electron chi connectivity index (χ1n) is 7.87. The Kier molecular flexibility index (Phi) is 5.45. The number of nitrogens with one attached hydrogen (secondary N) is 2. The number of benzene rings is 2. The molecule has 0 saturated heterocycles. The van der Waals surface area contributed by atoms with Gasteiger partial charge < -0.3 is 15.7 Å². The van der Waals surface area contributed by atoms with Gasteiger partial charge in [-0.1, -0.05) is 32.9 Å². The van der Waals surface area contributed by atoms with Crippen LogP contribution in [0.15, 0.2) is 60.3 Å². The van der Waals surface area contributed by atoms with E-state index in [2.05, 4.69) is 31.4 Å². The monoisotopic (exact) mass is 335 g/mol. The molecule has 0 saturated carbocycles. The lowest BCUT2D eigenvalue weighted by atomic mass is 9.87. The van der Waals surface area contributed by atoms with Gasteiger partial charge in [0.05, 0.1) is 0 Å². The summed E-state index contributed by atoms with van der Waals surface area (Å²) in [7, 11) is 0. The molecule has 0 atom stereocenters. The van der Waals surface area contributed by atoms with Crippen molar-refractivity contribution in [2.24, 2.45) is 0 Å². The zero-order chi connectivity index (χ0) is 18.4. The lowest BCUT2D eigenvalue weighted by molar-refractivity contribution is -0.112. The molecular weight excluding hydrogens is 314 g/mol. The molecule has 0 aromatic heterocycles. The summed E-state index contributed by atoms with van der Waals surface area (Å²) in [6.45, 7) is 6.41. The van der Waals surface area contributed by atoms with Crippen LogP contribution >= 0.6 is 0 Å². The van der Waals surface area contributed by atoms with Gasteiger partial charge in [0.25, 0.3) is 5.91 Å². The second kappa shape index (κ2) is 7.54. The Morgan fingerprint density at radius 1 is 1.04 bits per heavy atom. The highest BCUT2D eigenvalue weighted by atomic mass is 16.3. The second-order valence-corrected chi connectivity index (χ2v) is 6.64. The minimum Gasteiger partial charge on any atom is -0.508 e. The first kappa shape index (κ1) is 18.1. The van der Waals surface area contributed by atoms with Crippen molar-refractivity contribution in [3.8, 4) is 11.8 Å². The molecule has 2 rings (SSSR count). The Hall–Kier alpha value is -3.26. The summed E-state index contributed by atoms with van der Waals surface area (Å²) in [5, 5.41) is 24.0. The van der Waals surface area contributed by atoms with Crippen LogP contribution in [-0.2, 0) is 10.2 Å². The Labute approximate surface area is 147 Å². The first-order valence-corrected chi connectivity index (χ1v) is 7.87. The molecule has 5 nitrogen and oxygen atoms in total. The number of carbonyl (C=O) groups excluding carboxylic acids is 1. The normalized spacial score (nSPS) is 11.5. The van der Waals surface area contributed by atoms with Gasteiger partial charge >= 0.3 is 0 Å². The van der Waals surface area contributed by atoms with Gasteiger partial charge in [0.15, 0.2) is 0 Å². The maximum atomic E-state index is 12.1. The van der Waals surface area contributed by atoms with Crippen LogP contribution in [0.3, 0.4) is 0 Å². The van der Waals surface area contributed by atoms with Gasteiger partial charge in [-0.25, -0.2) is 0 Å². The minimum absolute atomic E-state index is 0.0482. The van der Waals surface area contributed by atoms with Gasteiger partial charge in [-0.2, -0.15) is 5.26 Å². The third kappa shape index (κ3) is 5.11. The van der Waals surface area contributed by atoms with Crippen LogP contribution in [0.5, 0.6) is 5.75 Å². The highest BCUT2D eigenvalue weighted by molar-refractivity contribution is 6.06. The SMILES string of the molecule is CC(C)(C)c1ccc(N/C=C(/C#N)C(=O)Nc2ccc(O)cc2)cc1. The predicted octanol–water partition coefficient (Wildman–Crippen LogP) is 4.15. The lowest BCUT2D eigenvalue weighted by Gasteiger charge is -2.19. The number of carbonyl (C=O) groups is 1. The van der Waals surface area contributed by atoms with Gasteiger partial charge in [0, 0.05) is 17.6 Å². The number of amides is 1. The number of anilines is 2. The minimum atomic E-state index is -0.521. The van der Waals surface area contributed by atoms with Crippen LogP contribution in [0.2, 0.25) is 0 Å². The molecule has 0 unspecified atom stereocenters. The van der Waals surface area contributed by atoms with E-state index < -0.39 is 5.91 Å². The summed E-state index contributed by atoms with van der Waals surface area (Å²) in [5.41, 5.74) is 2.51. The van der Waals surface area contributed by atoms with E-state index in [1.54, 1.807) is 12.1 Å². The number of hydrogen-bond donors (Lipinski definition) is 3. The van der Waals surface area contributed by atoms with E-state index in [9.17, 15) is 15.2 Å². The van der Waals surface area contributed by atoms with Gasteiger partial charge in [-0.05, 0) is 47.4 Å². The molecule has 1 amide bonds. The van der Waals surface area contributed by atoms with E-state index in [4.69, 9.17) is 0 Å². The van der Waals surface area contributed by atoms with E-state index in [0.29, 0.717) is 5.69 Å². The van der Waals surface area contributed by atoms with E-state index in [1.165, 1.54) is 23.9 Å². The smallest absolute Gasteiger partial charge is 0.267 e. The standard InChI is InChI=1S/C20H21N3O2/c1-20(2,3)15-4-6-16(7-5-15)22-13-14(12-21)19(25)23-17-8-10-18(24)11-9-17/h4-11,13,22,24H,1-3H3,(H,23,25)/b14-13-. The summed E-state index contributed by atoms with van der Waals surface area (Å²) < 4.78 is 0. The molecular formula is C20H21N3O2. The first-order chi connectivity index (χ1) is 11.8.